The van der Waals surface area contributed by atoms with E-state index in [9.17, 15) is 14.7 Å². The second-order valence-corrected chi connectivity index (χ2v) is 7.78. The Kier molecular flexibility index (Phi) is 3.51. The first-order valence-electron chi connectivity index (χ1n) is 7.66. The van der Waals surface area contributed by atoms with Gasteiger partial charge >= 0.3 is 5.97 Å². The summed E-state index contributed by atoms with van der Waals surface area (Å²) < 4.78 is 6.08. The van der Waals surface area contributed by atoms with Crippen molar-refractivity contribution in [3.63, 3.8) is 0 Å². The fourth-order valence-corrected chi connectivity index (χ4v) is 5.64. The number of aryl methyl sites for hydroxylation is 2. The molecule has 0 saturated heterocycles. The Labute approximate surface area is 140 Å². The average molecular weight is 352 g/mol. The van der Waals surface area contributed by atoms with E-state index in [2.05, 4.69) is 4.98 Å². The molecule has 0 unspecified atom stereocenters. The SMILES string of the molecule is CCOC(=O)[C@@]1(O)CSc2nc3sc4c(c3c(=O)n21)CCCC4. The number of rotatable bonds is 2. The number of ether oxygens (including phenoxy) is 1. The first-order chi connectivity index (χ1) is 11.1. The van der Waals surface area contributed by atoms with Crippen molar-refractivity contribution in [2.24, 2.45) is 0 Å². The molecular formula is C15H16N2O4S2. The number of thiophene rings is 1. The molecule has 1 aliphatic heterocycles. The van der Waals surface area contributed by atoms with Gasteiger partial charge in [0.05, 0.1) is 17.7 Å². The first-order valence-corrected chi connectivity index (χ1v) is 9.46. The Morgan fingerprint density at radius 3 is 3.00 bits per heavy atom. The summed E-state index contributed by atoms with van der Waals surface area (Å²) in [7, 11) is 0. The van der Waals surface area contributed by atoms with Crippen LogP contribution in [0.2, 0.25) is 0 Å². The lowest BCUT2D eigenvalue weighted by atomic mass is 9.97. The van der Waals surface area contributed by atoms with Gasteiger partial charge in [-0.1, -0.05) is 11.8 Å². The molecule has 0 saturated carbocycles. The van der Waals surface area contributed by atoms with Crippen molar-refractivity contribution in [2.45, 2.75) is 43.5 Å². The number of thioether (sulfide) groups is 1. The van der Waals surface area contributed by atoms with Gasteiger partial charge in [0.2, 0.25) is 0 Å². The van der Waals surface area contributed by atoms with Crippen LogP contribution in [0.25, 0.3) is 10.2 Å². The topological polar surface area (TPSA) is 81.4 Å². The largest absolute Gasteiger partial charge is 0.462 e. The van der Waals surface area contributed by atoms with Crippen molar-refractivity contribution < 1.29 is 14.6 Å². The average Bonchev–Trinajstić information content (AvgIpc) is 3.07. The first kappa shape index (κ1) is 15.2. The molecule has 0 radical (unpaired) electrons. The Hall–Kier alpha value is -1.38. The molecule has 0 fully saturated rings. The van der Waals surface area contributed by atoms with E-state index < -0.39 is 11.7 Å². The third kappa shape index (κ3) is 2.08. The number of hydrogen-bond acceptors (Lipinski definition) is 7. The summed E-state index contributed by atoms with van der Waals surface area (Å²) in [6.45, 7) is 1.82. The highest BCUT2D eigenvalue weighted by Crippen LogP contribution is 2.39. The Balaban J connectivity index is 1.96. The normalized spacial score (nSPS) is 22.9. The highest BCUT2D eigenvalue weighted by molar-refractivity contribution is 7.99. The van der Waals surface area contributed by atoms with Crippen molar-refractivity contribution in [1.29, 1.82) is 0 Å². The molecule has 23 heavy (non-hydrogen) atoms. The summed E-state index contributed by atoms with van der Waals surface area (Å²) in [5, 5.41) is 11.7. The number of esters is 1. The van der Waals surface area contributed by atoms with E-state index in [1.807, 2.05) is 0 Å². The molecule has 2 aliphatic rings. The highest BCUT2D eigenvalue weighted by atomic mass is 32.2. The van der Waals surface area contributed by atoms with Crippen molar-refractivity contribution in [3.05, 3.63) is 20.8 Å². The van der Waals surface area contributed by atoms with Gasteiger partial charge in [0.15, 0.2) is 5.16 Å². The number of nitrogens with zero attached hydrogens (tertiary/aromatic N) is 2. The van der Waals surface area contributed by atoms with E-state index >= 15 is 0 Å². The number of carbonyl (C=O) groups excluding carboxylic acids is 1. The second-order valence-electron chi connectivity index (χ2n) is 5.75. The molecule has 3 heterocycles. The summed E-state index contributed by atoms with van der Waals surface area (Å²) in [5.41, 5.74) is -1.24. The highest BCUT2D eigenvalue weighted by Gasteiger charge is 2.48. The Morgan fingerprint density at radius 2 is 2.22 bits per heavy atom. The van der Waals surface area contributed by atoms with Crippen LogP contribution < -0.4 is 5.56 Å². The number of fused-ring (bicyclic) bond motifs is 4. The van der Waals surface area contributed by atoms with Crippen LogP contribution in [0.1, 0.15) is 30.2 Å². The molecule has 4 rings (SSSR count). The van der Waals surface area contributed by atoms with E-state index in [1.165, 1.54) is 16.6 Å². The Morgan fingerprint density at radius 1 is 1.43 bits per heavy atom. The molecule has 0 amide bonds. The molecule has 1 atom stereocenters. The molecule has 1 aliphatic carbocycles. The number of aliphatic hydroxyl groups is 1. The fourth-order valence-electron chi connectivity index (χ4n) is 3.24. The van der Waals surface area contributed by atoms with Gasteiger partial charge in [0, 0.05) is 4.88 Å². The smallest absolute Gasteiger partial charge is 0.361 e. The molecule has 2 aromatic heterocycles. The molecule has 0 spiro atoms. The number of hydrogen-bond donors (Lipinski definition) is 1. The van der Waals surface area contributed by atoms with Gasteiger partial charge in [-0.15, -0.1) is 11.3 Å². The lowest BCUT2D eigenvalue weighted by Crippen LogP contribution is -2.48. The summed E-state index contributed by atoms with van der Waals surface area (Å²) in [5.74, 6) is -0.744. The zero-order chi connectivity index (χ0) is 16.2. The van der Waals surface area contributed by atoms with Crippen LogP contribution in [0.4, 0.5) is 0 Å². The molecule has 6 nitrogen and oxygen atoms in total. The van der Waals surface area contributed by atoms with Crippen LogP contribution in [0.5, 0.6) is 0 Å². The van der Waals surface area contributed by atoms with Gasteiger partial charge in [-0.3, -0.25) is 4.79 Å². The third-order valence-electron chi connectivity index (χ3n) is 4.33. The molecular weight excluding hydrogens is 336 g/mol. The predicted octanol–water partition coefficient (Wildman–Crippen LogP) is 1.65. The monoisotopic (exact) mass is 352 g/mol. The van der Waals surface area contributed by atoms with Gasteiger partial charge in [-0.25, -0.2) is 14.3 Å². The minimum absolute atomic E-state index is 0.0491. The summed E-state index contributed by atoms with van der Waals surface area (Å²) >= 11 is 2.77. The van der Waals surface area contributed by atoms with Crippen LogP contribution in [0.15, 0.2) is 9.95 Å². The molecule has 1 N–H and O–H groups in total. The zero-order valence-corrected chi connectivity index (χ0v) is 14.3. The van der Waals surface area contributed by atoms with Gasteiger partial charge in [0.25, 0.3) is 11.3 Å². The maximum Gasteiger partial charge on any atom is 0.361 e. The third-order valence-corrected chi connectivity index (χ3v) is 6.60. The molecule has 0 aromatic carbocycles. The quantitative estimate of drug-likeness (QED) is 0.654. The van der Waals surface area contributed by atoms with Crippen LogP contribution in [-0.2, 0) is 28.1 Å². The van der Waals surface area contributed by atoms with Gasteiger partial charge < -0.3 is 9.84 Å². The van der Waals surface area contributed by atoms with E-state index in [0.717, 1.165) is 35.8 Å². The van der Waals surface area contributed by atoms with E-state index in [1.54, 1.807) is 18.3 Å². The summed E-state index contributed by atoms with van der Waals surface area (Å²) in [6.07, 6.45) is 4.01. The van der Waals surface area contributed by atoms with Crippen LogP contribution in [0.3, 0.4) is 0 Å². The van der Waals surface area contributed by atoms with Gasteiger partial charge in [-0.2, -0.15) is 0 Å². The molecule has 8 heteroatoms. The molecule has 2 aromatic rings. The van der Waals surface area contributed by atoms with Crippen molar-refractivity contribution in [3.8, 4) is 0 Å². The van der Waals surface area contributed by atoms with Crippen molar-refractivity contribution in [1.82, 2.24) is 9.55 Å². The van der Waals surface area contributed by atoms with E-state index in [-0.39, 0.29) is 17.9 Å². The summed E-state index contributed by atoms with van der Waals surface area (Å²) in [4.78, 5) is 31.7. The van der Waals surface area contributed by atoms with Gasteiger partial charge in [-0.05, 0) is 38.2 Å². The lowest BCUT2D eigenvalue weighted by molar-refractivity contribution is -0.173. The maximum atomic E-state index is 13.0. The summed E-state index contributed by atoms with van der Waals surface area (Å²) in [6, 6.07) is 0. The molecule has 122 valence electrons. The maximum absolute atomic E-state index is 13.0. The number of aromatic nitrogens is 2. The minimum Gasteiger partial charge on any atom is -0.462 e. The number of carbonyl (C=O) groups is 1. The van der Waals surface area contributed by atoms with Crippen LogP contribution >= 0.6 is 23.1 Å². The second kappa shape index (κ2) is 5.32. The van der Waals surface area contributed by atoms with Gasteiger partial charge in [0.1, 0.15) is 4.83 Å². The van der Waals surface area contributed by atoms with Crippen molar-refractivity contribution >= 4 is 39.3 Å². The standard InChI is InChI=1S/C15H16N2O4S2/c1-2-21-13(19)15(20)7-22-14-16-11-10(12(18)17(14)15)8-5-3-4-6-9(8)23-11/h20H,2-7H2,1H3/t15-/m0/s1. The van der Waals surface area contributed by atoms with Crippen LogP contribution in [0, 0.1) is 0 Å². The lowest BCUT2D eigenvalue weighted by Gasteiger charge is -2.22. The fraction of sp³-hybridized carbons (Fsp3) is 0.533. The predicted molar refractivity (Wildman–Crippen MR) is 88.1 cm³/mol. The van der Waals surface area contributed by atoms with E-state index in [0.29, 0.717) is 15.4 Å². The van der Waals surface area contributed by atoms with Crippen molar-refractivity contribution in [2.75, 3.05) is 12.4 Å². The Bertz CT molecular complexity index is 872. The molecule has 0 bridgehead atoms. The minimum atomic E-state index is -1.96. The van der Waals surface area contributed by atoms with Crippen LogP contribution in [-0.4, -0.2) is 33.0 Å². The van der Waals surface area contributed by atoms with E-state index in [4.69, 9.17) is 4.74 Å². The zero-order valence-electron chi connectivity index (χ0n) is 12.6.